The third kappa shape index (κ3) is 2.39. The van der Waals surface area contributed by atoms with Crippen molar-refractivity contribution in [2.24, 2.45) is 0 Å². The summed E-state index contributed by atoms with van der Waals surface area (Å²) >= 11 is 0. The molecule has 5 rings (SSSR count). The van der Waals surface area contributed by atoms with Crippen molar-refractivity contribution < 1.29 is 0 Å². The molecule has 132 valence electrons. The predicted molar refractivity (Wildman–Crippen MR) is 116 cm³/mol. The zero-order valence-electron chi connectivity index (χ0n) is 16.0. The van der Waals surface area contributed by atoms with E-state index in [2.05, 4.69) is 111 Å². The maximum atomic E-state index is 2.37. The Morgan fingerprint density at radius 1 is 0.593 bits per heavy atom. The third-order valence-electron chi connectivity index (χ3n) is 6.07. The van der Waals surface area contributed by atoms with Crippen molar-refractivity contribution in [3.8, 4) is 11.1 Å². The highest BCUT2D eigenvalue weighted by atomic mass is 15.1. The number of nitrogens with zero attached hydrogens (tertiary/aromatic N) is 1. The van der Waals surface area contributed by atoms with E-state index in [1.165, 1.54) is 44.4 Å². The van der Waals surface area contributed by atoms with Gasteiger partial charge in [0.25, 0.3) is 0 Å². The second-order valence-corrected chi connectivity index (χ2v) is 7.99. The average molecular weight is 349 g/mol. The maximum absolute atomic E-state index is 2.37. The molecular weight excluding hydrogens is 326 g/mol. The van der Waals surface area contributed by atoms with Crippen LogP contribution in [-0.2, 0) is 5.41 Å². The molecule has 0 amide bonds. The van der Waals surface area contributed by atoms with E-state index in [1.807, 2.05) is 0 Å². The van der Waals surface area contributed by atoms with Crippen LogP contribution in [0.5, 0.6) is 0 Å². The fourth-order valence-electron chi connectivity index (χ4n) is 4.44. The highest BCUT2D eigenvalue weighted by Gasteiger charge is 2.35. The lowest BCUT2D eigenvalue weighted by atomic mass is 9.82. The normalized spacial score (nSPS) is 14.0. The highest BCUT2D eigenvalue weighted by Crippen LogP contribution is 2.49. The van der Waals surface area contributed by atoms with Gasteiger partial charge in [0.2, 0.25) is 0 Å². The van der Waals surface area contributed by atoms with E-state index in [4.69, 9.17) is 0 Å². The van der Waals surface area contributed by atoms with Crippen LogP contribution in [0.15, 0.2) is 84.9 Å². The fraction of sp³-hybridized carbons (Fsp3) is 0.154. The number of hydrogen-bond donors (Lipinski definition) is 0. The van der Waals surface area contributed by atoms with Gasteiger partial charge in [-0.3, -0.25) is 0 Å². The molecule has 0 atom stereocenters. The summed E-state index contributed by atoms with van der Waals surface area (Å²) in [5.41, 5.74) is 8.04. The predicted octanol–water partition coefficient (Wildman–Crippen LogP) is 6.91. The molecule has 0 aromatic heterocycles. The summed E-state index contributed by atoms with van der Waals surface area (Å²) in [6.07, 6.45) is 0. The van der Waals surface area contributed by atoms with Crippen molar-refractivity contribution >= 4 is 22.1 Å². The topological polar surface area (TPSA) is 3.24 Å². The van der Waals surface area contributed by atoms with Crippen molar-refractivity contribution in [2.45, 2.75) is 19.3 Å². The Hall–Kier alpha value is -3.06. The lowest BCUT2D eigenvalue weighted by Gasteiger charge is -2.25. The van der Waals surface area contributed by atoms with Crippen LogP contribution in [0, 0.1) is 0 Å². The van der Waals surface area contributed by atoms with Crippen LogP contribution in [0.2, 0.25) is 0 Å². The molecule has 0 aliphatic heterocycles. The summed E-state index contributed by atoms with van der Waals surface area (Å²) in [5, 5.41) is 2.55. The van der Waals surface area contributed by atoms with Crippen LogP contribution in [0.1, 0.15) is 25.0 Å². The maximum Gasteiger partial charge on any atom is 0.0414 e. The second kappa shape index (κ2) is 5.72. The zero-order chi connectivity index (χ0) is 18.6. The molecule has 0 unspecified atom stereocenters. The van der Waals surface area contributed by atoms with Gasteiger partial charge >= 0.3 is 0 Å². The Balaban J connectivity index is 1.60. The molecule has 0 saturated carbocycles. The monoisotopic (exact) mass is 349 g/mol. The summed E-state index contributed by atoms with van der Waals surface area (Å²) in [6, 6.07) is 30.9. The van der Waals surface area contributed by atoms with E-state index < -0.39 is 0 Å². The second-order valence-electron chi connectivity index (χ2n) is 7.99. The Kier molecular flexibility index (Phi) is 3.42. The average Bonchev–Trinajstić information content (AvgIpc) is 2.94. The molecule has 0 spiro atoms. The van der Waals surface area contributed by atoms with E-state index in [0.717, 1.165) is 0 Å². The molecule has 0 bridgehead atoms. The van der Waals surface area contributed by atoms with Crippen molar-refractivity contribution in [3.63, 3.8) is 0 Å². The first-order valence-electron chi connectivity index (χ1n) is 9.53. The zero-order valence-corrected chi connectivity index (χ0v) is 16.0. The van der Waals surface area contributed by atoms with Crippen LogP contribution >= 0.6 is 0 Å². The van der Waals surface area contributed by atoms with Crippen molar-refractivity contribution in [1.82, 2.24) is 0 Å². The van der Waals surface area contributed by atoms with Gasteiger partial charge in [0.1, 0.15) is 0 Å². The first kappa shape index (κ1) is 16.1. The quantitative estimate of drug-likeness (QED) is 0.380. The minimum atomic E-state index is 0.0339. The summed E-state index contributed by atoms with van der Waals surface area (Å²) < 4.78 is 0. The fourth-order valence-corrected chi connectivity index (χ4v) is 4.44. The van der Waals surface area contributed by atoms with E-state index in [1.54, 1.807) is 0 Å². The van der Waals surface area contributed by atoms with Crippen molar-refractivity contribution in [3.05, 3.63) is 96.1 Å². The molecule has 0 saturated heterocycles. The first-order chi connectivity index (χ1) is 13.1. The Morgan fingerprint density at radius 2 is 1.22 bits per heavy atom. The molecule has 0 radical (unpaired) electrons. The van der Waals surface area contributed by atoms with E-state index >= 15 is 0 Å². The first-order valence-corrected chi connectivity index (χ1v) is 9.53. The lowest BCUT2D eigenvalue weighted by molar-refractivity contribution is 0.660. The minimum absolute atomic E-state index is 0.0339. The number of benzene rings is 4. The Bertz CT molecular complexity index is 1170. The molecule has 1 nitrogen and oxygen atoms in total. The number of anilines is 2. The molecule has 4 aromatic carbocycles. The van der Waals surface area contributed by atoms with Gasteiger partial charge in [0, 0.05) is 23.8 Å². The lowest BCUT2D eigenvalue weighted by Crippen LogP contribution is -2.16. The Morgan fingerprint density at radius 3 is 2.07 bits per heavy atom. The SMILES string of the molecule is CN(c1ccc2c(c1)C(C)(C)c1ccccc1-2)c1ccc2ccccc2c1. The van der Waals surface area contributed by atoms with Gasteiger partial charge in [0.05, 0.1) is 0 Å². The van der Waals surface area contributed by atoms with E-state index in [9.17, 15) is 0 Å². The highest BCUT2D eigenvalue weighted by molar-refractivity contribution is 5.88. The number of fused-ring (bicyclic) bond motifs is 4. The molecule has 0 N–H and O–H groups in total. The summed E-state index contributed by atoms with van der Waals surface area (Å²) in [6.45, 7) is 4.66. The molecule has 1 heteroatoms. The molecule has 0 heterocycles. The van der Waals surface area contributed by atoms with Crippen molar-refractivity contribution in [2.75, 3.05) is 11.9 Å². The summed E-state index contributed by atoms with van der Waals surface area (Å²) in [7, 11) is 2.15. The molecule has 4 aromatic rings. The van der Waals surface area contributed by atoms with Gasteiger partial charge in [-0.1, -0.05) is 74.5 Å². The number of hydrogen-bond acceptors (Lipinski definition) is 1. The third-order valence-corrected chi connectivity index (χ3v) is 6.07. The Labute approximate surface area is 160 Å². The van der Waals surface area contributed by atoms with Gasteiger partial charge in [0.15, 0.2) is 0 Å². The largest absolute Gasteiger partial charge is 0.345 e. The summed E-state index contributed by atoms with van der Waals surface area (Å²) in [4.78, 5) is 2.28. The van der Waals surface area contributed by atoms with Gasteiger partial charge in [-0.25, -0.2) is 0 Å². The molecule has 1 aliphatic rings. The minimum Gasteiger partial charge on any atom is -0.345 e. The van der Waals surface area contributed by atoms with E-state index in [-0.39, 0.29) is 5.41 Å². The molecule has 27 heavy (non-hydrogen) atoms. The van der Waals surface area contributed by atoms with E-state index in [0.29, 0.717) is 0 Å². The summed E-state index contributed by atoms with van der Waals surface area (Å²) in [5.74, 6) is 0. The van der Waals surface area contributed by atoms with Crippen LogP contribution in [0.3, 0.4) is 0 Å². The van der Waals surface area contributed by atoms with Gasteiger partial charge in [-0.2, -0.15) is 0 Å². The standard InChI is InChI=1S/C26H23N/c1-26(2)24-11-7-6-10-22(24)23-15-14-21(17-25(23)26)27(3)20-13-12-18-8-4-5-9-19(18)16-20/h4-17H,1-3H3. The van der Waals surface area contributed by atoms with Crippen LogP contribution in [-0.4, -0.2) is 7.05 Å². The molecule has 0 fully saturated rings. The molecule has 1 aliphatic carbocycles. The van der Waals surface area contributed by atoms with Crippen LogP contribution in [0.4, 0.5) is 11.4 Å². The van der Waals surface area contributed by atoms with Crippen molar-refractivity contribution in [1.29, 1.82) is 0 Å². The molecular formula is C26H23N. The van der Waals surface area contributed by atoms with Crippen LogP contribution < -0.4 is 4.90 Å². The van der Waals surface area contributed by atoms with Crippen LogP contribution in [0.25, 0.3) is 21.9 Å². The van der Waals surface area contributed by atoms with Gasteiger partial charge in [-0.05, 0) is 57.3 Å². The smallest absolute Gasteiger partial charge is 0.0414 e. The van der Waals surface area contributed by atoms with Gasteiger partial charge < -0.3 is 4.90 Å². The number of rotatable bonds is 2. The van der Waals surface area contributed by atoms with Gasteiger partial charge in [-0.15, -0.1) is 0 Å².